The van der Waals surface area contributed by atoms with E-state index in [0.717, 1.165) is 13.0 Å². The number of hydrogen-bond acceptors (Lipinski definition) is 3. The van der Waals surface area contributed by atoms with Crippen molar-refractivity contribution in [1.29, 1.82) is 0 Å². The molecule has 0 aromatic rings. The van der Waals surface area contributed by atoms with E-state index in [2.05, 4.69) is 6.92 Å². The summed E-state index contributed by atoms with van der Waals surface area (Å²) in [6, 6.07) is 0. The molecule has 0 N–H and O–H groups in total. The number of unbranched alkanes of at least 4 members (excludes halogenated alkanes) is 7. The molecule has 0 saturated carbocycles. The normalized spacial score (nSPS) is 12.0. The summed E-state index contributed by atoms with van der Waals surface area (Å²) in [7, 11) is 0. The lowest BCUT2D eigenvalue weighted by atomic mass is 10.1. The molecule has 0 amide bonds. The van der Waals surface area contributed by atoms with Gasteiger partial charge >= 0.3 is 0 Å². The first-order valence-corrected chi connectivity index (χ1v) is 8.17. The first kappa shape index (κ1) is 18.9. The zero-order valence-electron chi connectivity index (χ0n) is 13.8. The van der Waals surface area contributed by atoms with Gasteiger partial charge in [0.05, 0.1) is 18.8 Å². The number of hydrogen-bond donors (Lipinski definition) is 0. The number of hydroxylamine groups is 2. The van der Waals surface area contributed by atoms with Crippen molar-refractivity contribution in [2.24, 2.45) is 0 Å². The van der Waals surface area contributed by atoms with Crippen LogP contribution in [-0.4, -0.2) is 24.0 Å². The molecule has 19 heavy (non-hydrogen) atoms. The highest BCUT2D eigenvalue weighted by Crippen LogP contribution is 2.10. The quantitative estimate of drug-likeness (QED) is 0.344. The van der Waals surface area contributed by atoms with Crippen LogP contribution in [0.5, 0.6) is 0 Å². The zero-order valence-corrected chi connectivity index (χ0v) is 13.8. The van der Waals surface area contributed by atoms with Gasteiger partial charge in [0.1, 0.15) is 0 Å². The molecule has 0 spiro atoms. The van der Waals surface area contributed by atoms with Crippen LogP contribution < -0.4 is 0 Å². The van der Waals surface area contributed by atoms with Crippen LogP contribution in [0.1, 0.15) is 86.0 Å². The van der Waals surface area contributed by atoms with Crippen molar-refractivity contribution in [3.05, 3.63) is 0 Å². The molecule has 0 radical (unpaired) electrons. The topological polar surface area (TPSA) is 21.7 Å². The van der Waals surface area contributed by atoms with Crippen molar-refractivity contribution in [3.63, 3.8) is 0 Å². The third-order valence-corrected chi connectivity index (χ3v) is 2.85. The van der Waals surface area contributed by atoms with Gasteiger partial charge in [0.2, 0.25) is 0 Å². The van der Waals surface area contributed by atoms with E-state index in [0.29, 0.717) is 0 Å². The highest BCUT2D eigenvalue weighted by Gasteiger charge is 2.10. The molecule has 116 valence electrons. The van der Waals surface area contributed by atoms with Gasteiger partial charge in [-0.2, -0.15) is 0 Å². The maximum atomic E-state index is 5.63. The fourth-order valence-corrected chi connectivity index (χ4v) is 1.98. The van der Waals surface area contributed by atoms with Crippen molar-refractivity contribution in [2.45, 2.75) is 98.2 Å². The molecule has 0 aromatic heterocycles. The average molecular weight is 273 g/mol. The van der Waals surface area contributed by atoms with Crippen molar-refractivity contribution >= 4 is 0 Å². The Labute approximate surface area is 120 Å². The van der Waals surface area contributed by atoms with Crippen LogP contribution in [0, 0.1) is 0 Å². The summed E-state index contributed by atoms with van der Waals surface area (Å²) in [5.74, 6) is 0. The first-order chi connectivity index (χ1) is 9.06. The maximum absolute atomic E-state index is 5.63. The van der Waals surface area contributed by atoms with E-state index in [4.69, 9.17) is 9.68 Å². The Balaban J connectivity index is 3.52. The molecule has 0 bridgehead atoms. The maximum Gasteiger partial charge on any atom is 0.0763 e. The van der Waals surface area contributed by atoms with Gasteiger partial charge in [-0.3, -0.25) is 9.68 Å². The average Bonchev–Trinajstić information content (AvgIpc) is 2.30. The Morgan fingerprint density at radius 2 is 1.11 bits per heavy atom. The molecule has 0 aliphatic rings. The summed E-state index contributed by atoms with van der Waals surface area (Å²) < 4.78 is 0. The Kier molecular flexibility index (Phi) is 12.8. The standard InChI is InChI=1S/C16H35NO2/c1-6-7-8-9-10-11-12-13-14-17(18-15(2)3)19-16(4)5/h15-16H,6-14H2,1-5H3. The van der Waals surface area contributed by atoms with Gasteiger partial charge in [0, 0.05) is 0 Å². The molecule has 3 heteroatoms. The molecular weight excluding hydrogens is 238 g/mol. The SMILES string of the molecule is CCCCCCCCCCN(OC(C)C)OC(C)C. The van der Waals surface area contributed by atoms with Crippen LogP contribution in [0.15, 0.2) is 0 Å². The van der Waals surface area contributed by atoms with Crippen LogP contribution >= 0.6 is 0 Å². The van der Waals surface area contributed by atoms with Crippen molar-refractivity contribution in [3.8, 4) is 0 Å². The van der Waals surface area contributed by atoms with Gasteiger partial charge < -0.3 is 0 Å². The van der Waals surface area contributed by atoms with Gasteiger partial charge in [-0.05, 0) is 34.1 Å². The van der Waals surface area contributed by atoms with Crippen LogP contribution in [0.3, 0.4) is 0 Å². The van der Waals surface area contributed by atoms with Crippen LogP contribution in [0.4, 0.5) is 0 Å². The molecule has 0 atom stereocenters. The second-order valence-electron chi connectivity index (χ2n) is 5.84. The summed E-state index contributed by atoms with van der Waals surface area (Å²) in [4.78, 5) is 11.3. The number of nitrogens with zero attached hydrogens (tertiary/aromatic N) is 1. The monoisotopic (exact) mass is 273 g/mol. The Bertz CT molecular complexity index is 174. The van der Waals surface area contributed by atoms with Gasteiger partial charge in [0.15, 0.2) is 0 Å². The summed E-state index contributed by atoms with van der Waals surface area (Å²) in [5.41, 5.74) is 0. The molecular formula is C16H35NO2. The van der Waals surface area contributed by atoms with E-state index in [1.54, 1.807) is 5.23 Å². The second-order valence-corrected chi connectivity index (χ2v) is 5.84. The van der Waals surface area contributed by atoms with E-state index < -0.39 is 0 Å². The molecule has 0 rings (SSSR count). The summed E-state index contributed by atoms with van der Waals surface area (Å²) in [6.45, 7) is 11.3. The largest absolute Gasteiger partial charge is 0.271 e. The summed E-state index contributed by atoms with van der Waals surface area (Å²) >= 11 is 0. The summed E-state index contributed by atoms with van der Waals surface area (Å²) in [5, 5.41) is 1.67. The van der Waals surface area contributed by atoms with Crippen LogP contribution in [0.2, 0.25) is 0 Å². The van der Waals surface area contributed by atoms with E-state index in [1.807, 2.05) is 27.7 Å². The Morgan fingerprint density at radius 1 is 0.684 bits per heavy atom. The zero-order chi connectivity index (χ0) is 14.5. The van der Waals surface area contributed by atoms with Gasteiger partial charge in [-0.15, -0.1) is 0 Å². The van der Waals surface area contributed by atoms with Crippen LogP contribution in [-0.2, 0) is 9.68 Å². The smallest absolute Gasteiger partial charge is 0.0763 e. The lowest BCUT2D eigenvalue weighted by Crippen LogP contribution is -2.31. The fourth-order valence-electron chi connectivity index (χ4n) is 1.98. The van der Waals surface area contributed by atoms with Gasteiger partial charge in [-0.1, -0.05) is 57.1 Å². The van der Waals surface area contributed by atoms with E-state index in [1.165, 1.54) is 44.9 Å². The molecule has 0 heterocycles. The predicted molar refractivity (Wildman–Crippen MR) is 81.8 cm³/mol. The van der Waals surface area contributed by atoms with E-state index >= 15 is 0 Å². The fraction of sp³-hybridized carbons (Fsp3) is 1.00. The predicted octanol–water partition coefficient (Wildman–Crippen LogP) is 5.11. The highest BCUT2D eigenvalue weighted by molar-refractivity contribution is 4.47. The molecule has 0 saturated heterocycles. The molecule has 0 fully saturated rings. The minimum absolute atomic E-state index is 0.174. The van der Waals surface area contributed by atoms with Crippen LogP contribution in [0.25, 0.3) is 0 Å². The number of rotatable bonds is 13. The van der Waals surface area contributed by atoms with Gasteiger partial charge in [-0.25, -0.2) is 0 Å². The van der Waals surface area contributed by atoms with E-state index in [-0.39, 0.29) is 12.2 Å². The lowest BCUT2D eigenvalue weighted by Gasteiger charge is -2.24. The van der Waals surface area contributed by atoms with Gasteiger partial charge in [0.25, 0.3) is 0 Å². The molecule has 0 aromatic carbocycles. The lowest BCUT2D eigenvalue weighted by molar-refractivity contribution is -0.394. The van der Waals surface area contributed by atoms with E-state index in [9.17, 15) is 0 Å². The van der Waals surface area contributed by atoms with Crippen molar-refractivity contribution < 1.29 is 9.68 Å². The molecule has 3 nitrogen and oxygen atoms in total. The molecule has 0 unspecified atom stereocenters. The highest BCUT2D eigenvalue weighted by atomic mass is 17.0. The summed E-state index contributed by atoms with van der Waals surface area (Å²) in [6.07, 6.45) is 11.0. The van der Waals surface area contributed by atoms with Crippen molar-refractivity contribution in [2.75, 3.05) is 6.54 Å². The Hall–Kier alpha value is -0.120. The minimum atomic E-state index is 0.174. The second kappa shape index (κ2) is 12.9. The molecule has 0 aliphatic carbocycles. The first-order valence-electron chi connectivity index (χ1n) is 8.17. The third-order valence-electron chi connectivity index (χ3n) is 2.85. The minimum Gasteiger partial charge on any atom is -0.271 e. The van der Waals surface area contributed by atoms with Crippen molar-refractivity contribution in [1.82, 2.24) is 5.23 Å². The molecule has 0 aliphatic heterocycles. The Morgan fingerprint density at radius 3 is 1.53 bits per heavy atom. The third kappa shape index (κ3) is 14.1.